The van der Waals surface area contributed by atoms with Crippen LogP contribution in [0, 0.1) is 0 Å². The van der Waals surface area contributed by atoms with E-state index in [1.54, 1.807) is 12.1 Å². The fourth-order valence-corrected chi connectivity index (χ4v) is 1.36. The first kappa shape index (κ1) is 10.5. The molecular formula is C10H14ClNO. The van der Waals surface area contributed by atoms with E-state index in [-0.39, 0.29) is 0 Å². The van der Waals surface area contributed by atoms with E-state index in [4.69, 9.17) is 11.6 Å². The van der Waals surface area contributed by atoms with Gasteiger partial charge in [-0.05, 0) is 37.7 Å². The van der Waals surface area contributed by atoms with Crippen molar-refractivity contribution in [2.24, 2.45) is 0 Å². The lowest BCUT2D eigenvalue weighted by Gasteiger charge is -2.10. The Labute approximate surface area is 83.5 Å². The van der Waals surface area contributed by atoms with Gasteiger partial charge in [0.2, 0.25) is 0 Å². The Morgan fingerprint density at radius 1 is 1.54 bits per heavy atom. The molecule has 72 valence electrons. The third-order valence-corrected chi connectivity index (χ3v) is 2.14. The molecule has 0 radical (unpaired) electrons. The van der Waals surface area contributed by atoms with Crippen LogP contribution >= 0.6 is 11.6 Å². The summed E-state index contributed by atoms with van der Waals surface area (Å²) in [5, 5.41) is 13.3. The number of halogens is 1. The summed E-state index contributed by atoms with van der Waals surface area (Å²) in [6.45, 7) is 0.799. The van der Waals surface area contributed by atoms with Crippen LogP contribution in [0.5, 0.6) is 0 Å². The Morgan fingerprint density at radius 3 is 2.92 bits per heavy atom. The van der Waals surface area contributed by atoms with Crippen LogP contribution in [0.1, 0.15) is 18.1 Å². The van der Waals surface area contributed by atoms with E-state index in [0.717, 1.165) is 12.1 Å². The van der Waals surface area contributed by atoms with E-state index >= 15 is 0 Å². The number of aliphatic hydroxyl groups excluding tert-OH is 1. The second kappa shape index (κ2) is 5.22. The molecular weight excluding hydrogens is 186 g/mol. The van der Waals surface area contributed by atoms with Crippen molar-refractivity contribution in [2.45, 2.75) is 12.5 Å². The first-order valence-electron chi connectivity index (χ1n) is 4.32. The highest BCUT2D eigenvalue weighted by Crippen LogP contribution is 2.19. The van der Waals surface area contributed by atoms with Gasteiger partial charge in [-0.25, -0.2) is 0 Å². The predicted octanol–water partition coefficient (Wildman–Crippen LogP) is 1.98. The molecule has 1 atom stereocenters. The average molecular weight is 200 g/mol. The summed E-state index contributed by atoms with van der Waals surface area (Å²) in [6.07, 6.45) is 0.280. The van der Waals surface area contributed by atoms with Gasteiger partial charge >= 0.3 is 0 Å². The van der Waals surface area contributed by atoms with Crippen molar-refractivity contribution in [1.82, 2.24) is 5.32 Å². The summed E-state index contributed by atoms with van der Waals surface area (Å²) in [5.74, 6) is 0. The lowest BCUT2D eigenvalue weighted by molar-refractivity contribution is 0.168. The molecule has 2 nitrogen and oxygen atoms in total. The van der Waals surface area contributed by atoms with Crippen LogP contribution in [0.4, 0.5) is 0 Å². The minimum atomic E-state index is -0.425. The van der Waals surface area contributed by atoms with Gasteiger partial charge in [-0.1, -0.05) is 23.7 Å². The van der Waals surface area contributed by atoms with E-state index in [9.17, 15) is 5.11 Å². The number of hydrogen-bond donors (Lipinski definition) is 2. The van der Waals surface area contributed by atoms with E-state index < -0.39 is 6.10 Å². The van der Waals surface area contributed by atoms with Gasteiger partial charge in [-0.3, -0.25) is 0 Å². The molecule has 2 N–H and O–H groups in total. The first-order valence-corrected chi connectivity index (χ1v) is 4.70. The van der Waals surface area contributed by atoms with Gasteiger partial charge in [0.15, 0.2) is 0 Å². The maximum Gasteiger partial charge on any atom is 0.0802 e. The summed E-state index contributed by atoms with van der Waals surface area (Å²) in [5.41, 5.74) is 0.878. The molecule has 0 heterocycles. The average Bonchev–Trinajstić information content (AvgIpc) is 2.14. The Balaban J connectivity index is 2.60. The van der Waals surface area contributed by atoms with Crippen LogP contribution in [0.3, 0.4) is 0 Å². The molecule has 0 saturated heterocycles. The highest BCUT2D eigenvalue weighted by atomic mass is 35.5. The molecule has 1 unspecified atom stereocenters. The fourth-order valence-electron chi connectivity index (χ4n) is 1.16. The third kappa shape index (κ3) is 3.35. The monoisotopic (exact) mass is 199 g/mol. The van der Waals surface area contributed by atoms with Gasteiger partial charge in [0.1, 0.15) is 0 Å². The minimum Gasteiger partial charge on any atom is -0.388 e. The van der Waals surface area contributed by atoms with Crippen molar-refractivity contribution >= 4 is 11.6 Å². The fraction of sp³-hybridized carbons (Fsp3) is 0.400. The second-order valence-electron chi connectivity index (χ2n) is 2.96. The second-order valence-corrected chi connectivity index (χ2v) is 3.40. The van der Waals surface area contributed by atoms with Crippen molar-refractivity contribution in [3.63, 3.8) is 0 Å². The van der Waals surface area contributed by atoms with Gasteiger partial charge in [0.05, 0.1) is 6.10 Å². The Morgan fingerprint density at radius 2 is 2.31 bits per heavy atom. The lowest BCUT2D eigenvalue weighted by Crippen LogP contribution is -2.11. The molecule has 3 heteroatoms. The van der Waals surface area contributed by atoms with Crippen LogP contribution in [-0.2, 0) is 0 Å². The predicted molar refractivity (Wildman–Crippen MR) is 55.0 cm³/mol. The summed E-state index contributed by atoms with van der Waals surface area (Å²) in [4.78, 5) is 0. The molecule has 13 heavy (non-hydrogen) atoms. The maximum absolute atomic E-state index is 9.68. The van der Waals surface area contributed by atoms with Crippen molar-refractivity contribution in [2.75, 3.05) is 13.6 Å². The molecule has 0 aliphatic carbocycles. The molecule has 0 saturated carbocycles. The van der Waals surface area contributed by atoms with Crippen LogP contribution in [0.15, 0.2) is 24.3 Å². The molecule has 1 rings (SSSR count). The molecule has 0 spiro atoms. The smallest absolute Gasteiger partial charge is 0.0802 e. The van der Waals surface area contributed by atoms with Gasteiger partial charge in [0, 0.05) is 5.02 Å². The largest absolute Gasteiger partial charge is 0.388 e. The van der Waals surface area contributed by atoms with E-state index in [1.807, 2.05) is 19.2 Å². The summed E-state index contributed by atoms with van der Waals surface area (Å²) >= 11 is 5.80. The van der Waals surface area contributed by atoms with E-state index in [0.29, 0.717) is 11.4 Å². The van der Waals surface area contributed by atoms with Crippen LogP contribution in [-0.4, -0.2) is 18.7 Å². The number of aliphatic hydroxyl groups is 1. The molecule has 1 aromatic rings. The number of nitrogens with one attached hydrogen (secondary N) is 1. The van der Waals surface area contributed by atoms with Gasteiger partial charge in [-0.15, -0.1) is 0 Å². The Kier molecular flexibility index (Phi) is 4.22. The van der Waals surface area contributed by atoms with Gasteiger partial charge in [0.25, 0.3) is 0 Å². The zero-order valence-electron chi connectivity index (χ0n) is 7.63. The zero-order valence-corrected chi connectivity index (χ0v) is 8.38. The molecule has 0 aromatic heterocycles. The standard InChI is InChI=1S/C10H14ClNO/c1-12-6-5-10(13)8-3-2-4-9(11)7-8/h2-4,7,10,12-13H,5-6H2,1H3. The topological polar surface area (TPSA) is 32.3 Å². The van der Waals surface area contributed by atoms with Crippen molar-refractivity contribution in [3.8, 4) is 0 Å². The number of rotatable bonds is 4. The molecule has 0 aliphatic heterocycles. The molecule has 0 aliphatic rings. The number of hydrogen-bond acceptors (Lipinski definition) is 2. The molecule has 0 bridgehead atoms. The summed E-state index contributed by atoms with van der Waals surface area (Å²) in [7, 11) is 1.87. The van der Waals surface area contributed by atoms with Crippen LogP contribution in [0.25, 0.3) is 0 Å². The molecule has 1 aromatic carbocycles. The Hall–Kier alpha value is -0.570. The lowest BCUT2D eigenvalue weighted by atomic mass is 10.1. The SMILES string of the molecule is CNCCC(O)c1cccc(Cl)c1. The zero-order chi connectivity index (χ0) is 9.68. The quantitative estimate of drug-likeness (QED) is 0.778. The van der Waals surface area contributed by atoms with Crippen LogP contribution in [0.2, 0.25) is 5.02 Å². The first-order chi connectivity index (χ1) is 6.24. The van der Waals surface area contributed by atoms with Crippen LogP contribution < -0.4 is 5.32 Å². The molecule has 0 amide bonds. The highest BCUT2D eigenvalue weighted by molar-refractivity contribution is 6.30. The summed E-state index contributed by atoms with van der Waals surface area (Å²) in [6, 6.07) is 7.32. The van der Waals surface area contributed by atoms with E-state index in [2.05, 4.69) is 5.32 Å². The van der Waals surface area contributed by atoms with Crippen molar-refractivity contribution < 1.29 is 5.11 Å². The van der Waals surface area contributed by atoms with Crippen molar-refractivity contribution in [3.05, 3.63) is 34.9 Å². The van der Waals surface area contributed by atoms with Crippen molar-refractivity contribution in [1.29, 1.82) is 0 Å². The minimum absolute atomic E-state index is 0.425. The summed E-state index contributed by atoms with van der Waals surface area (Å²) < 4.78 is 0. The highest BCUT2D eigenvalue weighted by Gasteiger charge is 2.06. The normalized spacial score (nSPS) is 12.8. The molecule has 0 fully saturated rings. The van der Waals surface area contributed by atoms with E-state index in [1.165, 1.54) is 0 Å². The Bertz CT molecular complexity index is 265. The maximum atomic E-state index is 9.68. The third-order valence-electron chi connectivity index (χ3n) is 1.90. The number of benzene rings is 1. The van der Waals surface area contributed by atoms with Gasteiger partial charge < -0.3 is 10.4 Å². The van der Waals surface area contributed by atoms with Gasteiger partial charge in [-0.2, -0.15) is 0 Å².